The van der Waals surface area contributed by atoms with Gasteiger partial charge in [0.15, 0.2) is 7.14 Å². The van der Waals surface area contributed by atoms with Crippen LogP contribution in [0.15, 0.2) is 188 Å². The molecule has 0 spiro atoms. The van der Waals surface area contributed by atoms with Crippen molar-refractivity contribution in [1.29, 1.82) is 0 Å². The molecule has 0 fully saturated rings. The second-order valence-corrected chi connectivity index (χ2v) is 15.3. The van der Waals surface area contributed by atoms with Crippen LogP contribution in [0.4, 0.5) is 0 Å². The Morgan fingerprint density at radius 3 is 1.15 bits per heavy atom. The van der Waals surface area contributed by atoms with E-state index >= 15 is 4.57 Å². The minimum atomic E-state index is -3.23. The SMILES string of the molecule is O=P(c1ccccc1)(c1ccccc1)c1cc(-c2ccc3c(ccc4ccccc43)c2)cc(-c2ccc3c(ccc4ccccc43)c2)c1. The summed E-state index contributed by atoms with van der Waals surface area (Å²) < 4.78 is 15.7. The van der Waals surface area contributed by atoms with Crippen LogP contribution in [0.5, 0.6) is 0 Å². The predicted octanol–water partition coefficient (Wildman–Crippen LogP) is 11.3. The first-order valence-corrected chi connectivity index (χ1v) is 18.1. The Morgan fingerprint density at radius 1 is 0.271 bits per heavy atom. The van der Waals surface area contributed by atoms with Crippen LogP contribution in [0.2, 0.25) is 0 Å². The molecule has 0 N–H and O–H groups in total. The van der Waals surface area contributed by atoms with E-state index in [4.69, 9.17) is 0 Å². The molecule has 0 aromatic heterocycles. The monoisotopic (exact) mass is 630 g/mol. The average Bonchev–Trinajstić information content (AvgIpc) is 3.17. The second-order valence-electron chi connectivity index (χ2n) is 12.5. The van der Waals surface area contributed by atoms with Crippen molar-refractivity contribution in [2.75, 3.05) is 0 Å². The summed E-state index contributed by atoms with van der Waals surface area (Å²) in [6, 6.07) is 65.8. The van der Waals surface area contributed by atoms with Gasteiger partial charge in [0.25, 0.3) is 0 Å². The molecule has 9 rings (SSSR count). The summed E-state index contributed by atoms with van der Waals surface area (Å²) in [5.41, 5.74) is 4.28. The van der Waals surface area contributed by atoms with Crippen LogP contribution in [0.25, 0.3) is 65.3 Å². The van der Waals surface area contributed by atoms with Crippen molar-refractivity contribution in [3.8, 4) is 22.3 Å². The van der Waals surface area contributed by atoms with Crippen molar-refractivity contribution >= 4 is 66.1 Å². The van der Waals surface area contributed by atoms with Gasteiger partial charge in [0.1, 0.15) is 0 Å². The molecule has 2 heteroatoms. The summed E-state index contributed by atoms with van der Waals surface area (Å²) in [7, 11) is -3.23. The fraction of sp³-hybridized carbons (Fsp3) is 0. The van der Waals surface area contributed by atoms with Gasteiger partial charge in [-0.3, -0.25) is 0 Å². The predicted molar refractivity (Wildman–Crippen MR) is 207 cm³/mol. The van der Waals surface area contributed by atoms with Gasteiger partial charge >= 0.3 is 0 Å². The molecule has 9 aromatic carbocycles. The zero-order valence-corrected chi connectivity index (χ0v) is 27.1. The highest BCUT2D eigenvalue weighted by Crippen LogP contribution is 2.45. The molecule has 0 bridgehead atoms. The summed E-state index contributed by atoms with van der Waals surface area (Å²) in [5.74, 6) is 0. The first kappa shape index (κ1) is 28.5. The normalized spacial score (nSPS) is 11.8. The Bertz CT molecular complexity index is 2510. The molecule has 9 aromatic rings. The smallest absolute Gasteiger partial charge is 0.171 e. The van der Waals surface area contributed by atoms with Crippen LogP contribution in [-0.2, 0) is 4.57 Å². The minimum absolute atomic E-state index is 0.824. The number of hydrogen-bond donors (Lipinski definition) is 0. The summed E-state index contributed by atoms with van der Waals surface area (Å²) in [6.45, 7) is 0. The van der Waals surface area contributed by atoms with E-state index in [0.717, 1.165) is 38.2 Å². The maximum absolute atomic E-state index is 15.7. The lowest BCUT2D eigenvalue weighted by Gasteiger charge is -2.22. The molecule has 0 heterocycles. The number of hydrogen-bond acceptors (Lipinski definition) is 1. The van der Waals surface area contributed by atoms with E-state index in [1.54, 1.807) is 0 Å². The van der Waals surface area contributed by atoms with Gasteiger partial charge < -0.3 is 4.57 Å². The maximum Gasteiger partial charge on any atom is 0.171 e. The van der Waals surface area contributed by atoms with Crippen molar-refractivity contribution < 1.29 is 4.57 Å². The molecule has 0 atom stereocenters. The van der Waals surface area contributed by atoms with Crippen molar-refractivity contribution in [1.82, 2.24) is 0 Å². The van der Waals surface area contributed by atoms with Crippen LogP contribution >= 0.6 is 7.14 Å². The average molecular weight is 631 g/mol. The van der Waals surface area contributed by atoms with Crippen LogP contribution in [-0.4, -0.2) is 0 Å². The fourth-order valence-electron chi connectivity index (χ4n) is 7.23. The van der Waals surface area contributed by atoms with E-state index in [9.17, 15) is 0 Å². The Morgan fingerprint density at radius 2 is 0.667 bits per heavy atom. The lowest BCUT2D eigenvalue weighted by molar-refractivity contribution is 0.592. The zero-order valence-electron chi connectivity index (χ0n) is 26.3. The molecule has 226 valence electrons. The third-order valence-corrected chi connectivity index (χ3v) is 12.7. The molecule has 0 aliphatic rings. The molecule has 48 heavy (non-hydrogen) atoms. The van der Waals surface area contributed by atoms with Crippen LogP contribution in [0.1, 0.15) is 0 Å². The van der Waals surface area contributed by atoms with Crippen molar-refractivity contribution in [2.24, 2.45) is 0 Å². The Hall–Kier alpha value is -5.75. The minimum Gasteiger partial charge on any atom is -0.309 e. The van der Waals surface area contributed by atoms with E-state index < -0.39 is 7.14 Å². The van der Waals surface area contributed by atoms with Gasteiger partial charge in [-0.05, 0) is 95.7 Å². The summed E-state index contributed by atoms with van der Waals surface area (Å²) >= 11 is 0. The summed E-state index contributed by atoms with van der Waals surface area (Å²) in [5, 5.41) is 12.3. The molecule has 1 nitrogen and oxygen atoms in total. The standard InChI is InChI=1S/C46H31OP/c47-48(40-13-3-1-4-14-40,41-15-5-2-6-16-41)42-30-38(34-23-25-45-36(27-34)21-19-32-11-7-9-17-43(32)45)29-39(31-42)35-24-26-46-37(28-35)22-20-33-12-8-10-18-44(33)46/h1-31H. The summed E-state index contributed by atoms with van der Waals surface area (Å²) in [4.78, 5) is 0. The van der Waals surface area contributed by atoms with Gasteiger partial charge in [0.2, 0.25) is 0 Å². The Labute approximate surface area is 280 Å². The van der Waals surface area contributed by atoms with Crippen LogP contribution < -0.4 is 15.9 Å². The van der Waals surface area contributed by atoms with Crippen LogP contribution in [0.3, 0.4) is 0 Å². The highest BCUT2D eigenvalue weighted by atomic mass is 31.2. The van der Waals surface area contributed by atoms with Crippen molar-refractivity contribution in [3.05, 3.63) is 188 Å². The fourth-order valence-corrected chi connectivity index (χ4v) is 9.95. The van der Waals surface area contributed by atoms with Crippen molar-refractivity contribution in [3.63, 3.8) is 0 Å². The van der Waals surface area contributed by atoms with E-state index in [2.05, 4.69) is 127 Å². The first-order chi connectivity index (χ1) is 23.6. The van der Waals surface area contributed by atoms with E-state index in [0.29, 0.717) is 0 Å². The zero-order chi connectivity index (χ0) is 32.1. The van der Waals surface area contributed by atoms with Gasteiger partial charge in [-0.2, -0.15) is 0 Å². The first-order valence-electron chi connectivity index (χ1n) is 16.4. The molecular weight excluding hydrogens is 599 g/mol. The van der Waals surface area contributed by atoms with Gasteiger partial charge in [0, 0.05) is 15.9 Å². The van der Waals surface area contributed by atoms with Gasteiger partial charge in [-0.15, -0.1) is 0 Å². The van der Waals surface area contributed by atoms with E-state index in [1.807, 2.05) is 60.7 Å². The number of rotatable bonds is 5. The highest BCUT2D eigenvalue weighted by Gasteiger charge is 2.30. The molecule has 0 amide bonds. The van der Waals surface area contributed by atoms with Crippen molar-refractivity contribution in [2.45, 2.75) is 0 Å². The Kier molecular flexibility index (Phi) is 6.82. The number of benzene rings is 9. The lowest BCUT2D eigenvalue weighted by Crippen LogP contribution is -2.25. The van der Waals surface area contributed by atoms with E-state index in [-0.39, 0.29) is 0 Å². The molecule has 0 aliphatic heterocycles. The topological polar surface area (TPSA) is 17.1 Å². The summed E-state index contributed by atoms with van der Waals surface area (Å²) in [6.07, 6.45) is 0. The van der Waals surface area contributed by atoms with Gasteiger partial charge in [-0.1, -0.05) is 158 Å². The molecule has 0 saturated carbocycles. The third kappa shape index (κ3) is 4.75. The second kappa shape index (κ2) is 11.5. The quantitative estimate of drug-likeness (QED) is 0.137. The lowest BCUT2D eigenvalue weighted by atomic mass is 9.94. The third-order valence-electron chi connectivity index (χ3n) is 9.68. The van der Waals surface area contributed by atoms with E-state index in [1.165, 1.54) is 43.1 Å². The number of fused-ring (bicyclic) bond motifs is 6. The largest absolute Gasteiger partial charge is 0.309 e. The Balaban J connectivity index is 1.30. The molecule has 0 saturated heterocycles. The highest BCUT2D eigenvalue weighted by molar-refractivity contribution is 7.85. The molecular formula is C46H31OP. The molecule has 0 radical (unpaired) electrons. The van der Waals surface area contributed by atoms with Gasteiger partial charge in [-0.25, -0.2) is 0 Å². The van der Waals surface area contributed by atoms with Crippen LogP contribution in [0, 0.1) is 0 Å². The molecule has 0 unspecified atom stereocenters. The molecule has 0 aliphatic carbocycles. The van der Waals surface area contributed by atoms with Gasteiger partial charge in [0.05, 0.1) is 0 Å². The maximum atomic E-state index is 15.7.